The maximum absolute atomic E-state index is 12.8. The SMILES string of the molecule is Cc1ccc(S(=O)(=O)N2CCC(NC(=O)CCCNc3ccc([N+](=O)[O-])cc3)CC2)cc1. The Labute approximate surface area is 188 Å². The van der Waals surface area contributed by atoms with E-state index in [2.05, 4.69) is 10.6 Å². The van der Waals surface area contributed by atoms with Crippen LogP contribution in [0.3, 0.4) is 0 Å². The molecular formula is C22H28N4O5S. The molecule has 0 aromatic heterocycles. The fourth-order valence-corrected chi connectivity index (χ4v) is 5.05. The van der Waals surface area contributed by atoms with Gasteiger partial charge in [0.1, 0.15) is 0 Å². The minimum Gasteiger partial charge on any atom is -0.385 e. The third-order valence-corrected chi connectivity index (χ3v) is 7.38. The highest BCUT2D eigenvalue weighted by molar-refractivity contribution is 7.89. The second-order valence-electron chi connectivity index (χ2n) is 7.89. The molecule has 0 bridgehead atoms. The average molecular weight is 461 g/mol. The van der Waals surface area contributed by atoms with Gasteiger partial charge in [-0.15, -0.1) is 0 Å². The Morgan fingerprint density at radius 3 is 2.31 bits per heavy atom. The normalized spacial score (nSPS) is 15.3. The number of non-ortho nitro benzene ring substituents is 1. The Hall–Kier alpha value is -2.98. The van der Waals surface area contributed by atoms with Crippen LogP contribution in [0.1, 0.15) is 31.2 Å². The van der Waals surface area contributed by atoms with Crippen LogP contribution in [0.15, 0.2) is 53.4 Å². The van der Waals surface area contributed by atoms with Crippen LogP contribution in [-0.2, 0) is 14.8 Å². The van der Waals surface area contributed by atoms with Crippen LogP contribution in [0.5, 0.6) is 0 Å². The molecule has 0 unspecified atom stereocenters. The summed E-state index contributed by atoms with van der Waals surface area (Å²) in [5.74, 6) is -0.0599. The third kappa shape index (κ3) is 6.27. The van der Waals surface area contributed by atoms with Crippen LogP contribution in [0, 0.1) is 17.0 Å². The van der Waals surface area contributed by atoms with Gasteiger partial charge in [0.25, 0.3) is 5.69 Å². The highest BCUT2D eigenvalue weighted by Crippen LogP contribution is 2.21. The van der Waals surface area contributed by atoms with Crippen LogP contribution in [0.2, 0.25) is 0 Å². The highest BCUT2D eigenvalue weighted by Gasteiger charge is 2.29. The minimum atomic E-state index is -3.51. The molecule has 2 aromatic carbocycles. The lowest BCUT2D eigenvalue weighted by Crippen LogP contribution is -2.46. The number of amides is 1. The summed E-state index contributed by atoms with van der Waals surface area (Å²) < 4.78 is 27.0. The van der Waals surface area contributed by atoms with Crippen molar-refractivity contribution in [2.45, 2.75) is 43.5 Å². The van der Waals surface area contributed by atoms with Crippen molar-refractivity contribution < 1.29 is 18.1 Å². The number of hydrogen-bond acceptors (Lipinski definition) is 6. The number of nitrogens with one attached hydrogen (secondary N) is 2. The summed E-state index contributed by atoms with van der Waals surface area (Å²) in [6.45, 7) is 3.24. The van der Waals surface area contributed by atoms with E-state index in [1.807, 2.05) is 6.92 Å². The van der Waals surface area contributed by atoms with E-state index in [4.69, 9.17) is 0 Å². The molecule has 1 heterocycles. The minimum absolute atomic E-state index is 0.0328. The molecule has 172 valence electrons. The van der Waals surface area contributed by atoms with Crippen molar-refractivity contribution in [1.82, 2.24) is 9.62 Å². The number of nitrogens with zero attached hydrogens (tertiary/aromatic N) is 2. The molecular weight excluding hydrogens is 432 g/mol. The monoisotopic (exact) mass is 460 g/mol. The van der Waals surface area contributed by atoms with Gasteiger partial charge in [0.15, 0.2) is 0 Å². The molecule has 0 aliphatic carbocycles. The topological polar surface area (TPSA) is 122 Å². The number of aryl methyl sites for hydroxylation is 1. The molecule has 3 rings (SSSR count). The lowest BCUT2D eigenvalue weighted by Gasteiger charge is -2.31. The van der Waals surface area contributed by atoms with Gasteiger partial charge in [0, 0.05) is 49.9 Å². The van der Waals surface area contributed by atoms with E-state index >= 15 is 0 Å². The average Bonchev–Trinajstić information content (AvgIpc) is 2.78. The molecule has 32 heavy (non-hydrogen) atoms. The smallest absolute Gasteiger partial charge is 0.269 e. The zero-order valence-electron chi connectivity index (χ0n) is 18.0. The first-order chi connectivity index (χ1) is 15.3. The Morgan fingerprint density at radius 2 is 1.72 bits per heavy atom. The number of rotatable bonds is 9. The van der Waals surface area contributed by atoms with Gasteiger partial charge in [-0.25, -0.2) is 8.42 Å². The molecule has 0 atom stereocenters. The van der Waals surface area contributed by atoms with Crippen molar-refractivity contribution in [1.29, 1.82) is 0 Å². The van der Waals surface area contributed by atoms with Crippen molar-refractivity contribution in [3.05, 3.63) is 64.2 Å². The highest BCUT2D eigenvalue weighted by atomic mass is 32.2. The van der Waals surface area contributed by atoms with E-state index in [0.29, 0.717) is 50.2 Å². The number of benzene rings is 2. The van der Waals surface area contributed by atoms with Crippen molar-refractivity contribution in [3.63, 3.8) is 0 Å². The lowest BCUT2D eigenvalue weighted by atomic mass is 10.1. The molecule has 1 amide bonds. The quantitative estimate of drug-likeness (QED) is 0.337. The first kappa shape index (κ1) is 23.7. The Bertz CT molecular complexity index is 1030. The molecule has 9 nitrogen and oxygen atoms in total. The maximum Gasteiger partial charge on any atom is 0.269 e. The molecule has 10 heteroatoms. The number of anilines is 1. The number of piperidine rings is 1. The van der Waals surface area contributed by atoms with Gasteiger partial charge in [0.05, 0.1) is 9.82 Å². The first-order valence-electron chi connectivity index (χ1n) is 10.6. The van der Waals surface area contributed by atoms with E-state index in [1.54, 1.807) is 36.4 Å². The van der Waals surface area contributed by atoms with Gasteiger partial charge in [-0.1, -0.05) is 17.7 Å². The van der Waals surface area contributed by atoms with Gasteiger partial charge >= 0.3 is 0 Å². The lowest BCUT2D eigenvalue weighted by molar-refractivity contribution is -0.384. The molecule has 2 aromatic rings. The molecule has 0 spiro atoms. The van der Waals surface area contributed by atoms with Crippen LogP contribution in [-0.4, -0.2) is 49.2 Å². The number of nitro groups is 1. The number of carbonyl (C=O) groups excluding carboxylic acids is 1. The first-order valence-corrected chi connectivity index (χ1v) is 12.0. The van der Waals surface area contributed by atoms with Gasteiger partial charge in [-0.05, 0) is 50.5 Å². The Balaban J connectivity index is 1.37. The number of hydrogen-bond donors (Lipinski definition) is 2. The Kier molecular flexibility index (Phi) is 7.81. The van der Waals surface area contributed by atoms with Crippen molar-refractivity contribution in [2.75, 3.05) is 25.0 Å². The van der Waals surface area contributed by atoms with E-state index in [1.165, 1.54) is 16.4 Å². The number of carbonyl (C=O) groups is 1. The maximum atomic E-state index is 12.8. The molecule has 1 saturated heterocycles. The van der Waals surface area contributed by atoms with Gasteiger partial charge < -0.3 is 10.6 Å². The third-order valence-electron chi connectivity index (χ3n) is 5.47. The van der Waals surface area contributed by atoms with E-state index in [-0.39, 0.29) is 17.6 Å². The van der Waals surface area contributed by atoms with E-state index in [0.717, 1.165) is 11.3 Å². The number of sulfonamides is 1. The summed E-state index contributed by atoms with van der Waals surface area (Å²) in [5, 5.41) is 16.8. The number of nitro benzene ring substituents is 1. The van der Waals surface area contributed by atoms with Crippen molar-refractivity contribution in [3.8, 4) is 0 Å². The summed E-state index contributed by atoms with van der Waals surface area (Å²) in [5.41, 5.74) is 1.80. The molecule has 1 aliphatic heterocycles. The molecule has 1 fully saturated rings. The zero-order chi connectivity index (χ0) is 23.1. The Morgan fingerprint density at radius 1 is 1.09 bits per heavy atom. The van der Waals surface area contributed by atoms with Crippen molar-refractivity contribution >= 4 is 27.3 Å². The van der Waals surface area contributed by atoms with Crippen LogP contribution >= 0.6 is 0 Å². The fourth-order valence-electron chi connectivity index (χ4n) is 3.58. The zero-order valence-corrected chi connectivity index (χ0v) is 18.8. The predicted octanol–water partition coefficient (Wildman–Crippen LogP) is 3.06. The van der Waals surface area contributed by atoms with Gasteiger partial charge in [-0.3, -0.25) is 14.9 Å². The van der Waals surface area contributed by atoms with Crippen molar-refractivity contribution in [2.24, 2.45) is 0 Å². The second kappa shape index (κ2) is 10.6. The van der Waals surface area contributed by atoms with Crippen LogP contribution in [0.4, 0.5) is 11.4 Å². The summed E-state index contributed by atoms with van der Waals surface area (Å²) in [7, 11) is -3.51. The molecule has 0 saturated carbocycles. The van der Waals surface area contributed by atoms with Gasteiger partial charge in [0.2, 0.25) is 15.9 Å². The van der Waals surface area contributed by atoms with Crippen LogP contribution in [0.25, 0.3) is 0 Å². The second-order valence-corrected chi connectivity index (χ2v) is 9.83. The molecule has 1 aliphatic rings. The molecule has 2 N–H and O–H groups in total. The fraction of sp³-hybridized carbons (Fsp3) is 0.409. The summed E-state index contributed by atoms with van der Waals surface area (Å²) in [6, 6.07) is 12.9. The van der Waals surface area contributed by atoms with Gasteiger partial charge in [-0.2, -0.15) is 4.31 Å². The van der Waals surface area contributed by atoms with E-state index < -0.39 is 14.9 Å². The predicted molar refractivity (Wildman–Crippen MR) is 122 cm³/mol. The largest absolute Gasteiger partial charge is 0.385 e. The molecule has 0 radical (unpaired) electrons. The van der Waals surface area contributed by atoms with Crippen LogP contribution < -0.4 is 10.6 Å². The summed E-state index contributed by atoms with van der Waals surface area (Å²) in [6.07, 6.45) is 2.13. The van der Waals surface area contributed by atoms with E-state index in [9.17, 15) is 23.3 Å². The standard InChI is InChI=1S/C22H28N4O5S/c1-17-4-10-21(11-5-17)32(30,31)25-15-12-19(13-16-25)24-22(27)3-2-14-23-18-6-8-20(9-7-18)26(28)29/h4-11,19,23H,2-3,12-16H2,1H3,(H,24,27). The summed E-state index contributed by atoms with van der Waals surface area (Å²) in [4.78, 5) is 22.7. The summed E-state index contributed by atoms with van der Waals surface area (Å²) >= 11 is 0.